The van der Waals surface area contributed by atoms with Crippen molar-refractivity contribution in [3.63, 3.8) is 0 Å². The van der Waals surface area contributed by atoms with Gasteiger partial charge < -0.3 is 10.4 Å². The van der Waals surface area contributed by atoms with Gasteiger partial charge in [0.2, 0.25) is 9.84 Å². The van der Waals surface area contributed by atoms with Crippen molar-refractivity contribution in [2.45, 2.75) is 9.79 Å². The van der Waals surface area contributed by atoms with Crippen LogP contribution in [-0.4, -0.2) is 8.42 Å². The van der Waals surface area contributed by atoms with Crippen LogP contribution in [-0.2, 0) is 9.84 Å². The second kappa shape index (κ2) is 5.95. The number of benzene rings is 2. The molecule has 0 spiro atoms. The van der Waals surface area contributed by atoms with Crippen LogP contribution in [0.15, 0.2) is 58.3 Å². The Labute approximate surface area is 121 Å². The van der Waals surface area contributed by atoms with Crippen molar-refractivity contribution in [2.75, 3.05) is 0 Å². The van der Waals surface area contributed by atoms with E-state index in [0.29, 0.717) is 0 Å². The smallest absolute Gasteiger partial charge is 0.338 e. The molecule has 0 saturated heterocycles. The van der Waals surface area contributed by atoms with E-state index in [1.165, 1.54) is 36.4 Å². The highest BCUT2D eigenvalue weighted by Crippen LogP contribution is 2.26. The average molecular weight is 300 g/mol. The SMILES string of the molecule is O=S(=O)(c1ccccc1C#[N+][O-])c1ccccc1C#[N+][O-]. The number of hydrogen-bond donors (Lipinski definition) is 0. The van der Waals surface area contributed by atoms with Gasteiger partial charge in [-0.05, 0) is 24.3 Å². The number of sulfone groups is 1. The first-order valence-corrected chi connectivity index (χ1v) is 7.19. The molecule has 7 heteroatoms. The van der Waals surface area contributed by atoms with Gasteiger partial charge in [0.25, 0.3) is 0 Å². The molecular weight excluding hydrogens is 292 g/mol. The van der Waals surface area contributed by atoms with Gasteiger partial charge in [-0.25, -0.2) is 8.42 Å². The first kappa shape index (κ1) is 14.4. The molecule has 2 rings (SSSR count). The van der Waals surface area contributed by atoms with Gasteiger partial charge in [0.05, 0.1) is 9.79 Å². The quantitative estimate of drug-likeness (QED) is 0.797. The van der Waals surface area contributed by atoms with Gasteiger partial charge in [-0.3, -0.25) is 0 Å². The second-order valence-electron chi connectivity index (χ2n) is 3.90. The molecule has 21 heavy (non-hydrogen) atoms. The molecule has 0 unspecified atom stereocenters. The maximum absolute atomic E-state index is 12.7. The summed E-state index contributed by atoms with van der Waals surface area (Å²) in [6, 6.07) is 15.8. The molecule has 0 bridgehead atoms. The molecule has 0 atom stereocenters. The van der Waals surface area contributed by atoms with Crippen molar-refractivity contribution in [3.05, 3.63) is 80.1 Å². The lowest BCUT2D eigenvalue weighted by molar-refractivity contribution is 0.595. The Morgan fingerprint density at radius 1 is 0.762 bits per heavy atom. The van der Waals surface area contributed by atoms with Crippen molar-refractivity contribution in [3.8, 4) is 12.1 Å². The molecule has 104 valence electrons. The van der Waals surface area contributed by atoms with E-state index in [-0.39, 0.29) is 20.9 Å². The normalized spacial score (nSPS) is 9.90. The summed E-state index contributed by atoms with van der Waals surface area (Å²) in [4.78, 5) is -0.269. The Morgan fingerprint density at radius 3 is 1.52 bits per heavy atom. The van der Waals surface area contributed by atoms with E-state index in [1.807, 2.05) is 0 Å². The topological polar surface area (TPSA) is 89.0 Å². The van der Waals surface area contributed by atoms with E-state index in [1.54, 1.807) is 12.1 Å². The zero-order valence-corrected chi connectivity index (χ0v) is 11.4. The minimum atomic E-state index is -3.97. The van der Waals surface area contributed by atoms with Crippen LogP contribution in [0.2, 0.25) is 0 Å². The third kappa shape index (κ3) is 2.78. The molecule has 2 aromatic carbocycles. The van der Waals surface area contributed by atoms with E-state index in [0.717, 1.165) is 0 Å². The van der Waals surface area contributed by atoms with Gasteiger partial charge in [0.1, 0.15) is 11.1 Å². The molecule has 0 aliphatic heterocycles. The zero-order valence-electron chi connectivity index (χ0n) is 10.6. The number of nitrogens with zero attached hydrogens (tertiary/aromatic N) is 2. The number of rotatable bonds is 2. The fraction of sp³-hybridized carbons (Fsp3) is 0. The Hall–Kier alpha value is -3.03. The lowest BCUT2D eigenvalue weighted by Gasteiger charge is -2.05. The predicted octanol–water partition coefficient (Wildman–Crippen LogP) is 2.88. The maximum atomic E-state index is 12.7. The van der Waals surface area contributed by atoms with Crippen LogP contribution >= 0.6 is 0 Å². The van der Waals surface area contributed by atoms with Crippen LogP contribution in [0.4, 0.5) is 0 Å². The van der Waals surface area contributed by atoms with Gasteiger partial charge in [-0.15, -0.1) is 0 Å². The average Bonchev–Trinajstić information content (AvgIpc) is 2.49. The molecule has 0 heterocycles. The second-order valence-corrected chi connectivity index (χ2v) is 5.79. The monoisotopic (exact) mass is 300 g/mol. The fourth-order valence-corrected chi connectivity index (χ4v) is 3.36. The van der Waals surface area contributed by atoms with Crippen molar-refractivity contribution >= 4 is 9.84 Å². The predicted molar refractivity (Wildman–Crippen MR) is 77.8 cm³/mol. The van der Waals surface area contributed by atoms with Crippen LogP contribution in [0.3, 0.4) is 0 Å². The van der Waals surface area contributed by atoms with Gasteiger partial charge in [-0.2, -0.15) is 0 Å². The van der Waals surface area contributed by atoms with Crippen LogP contribution in [0.5, 0.6) is 0 Å². The highest BCUT2D eigenvalue weighted by Gasteiger charge is 2.26. The third-order valence-electron chi connectivity index (χ3n) is 2.69. The van der Waals surface area contributed by atoms with Crippen LogP contribution < -0.4 is 0 Å². The summed E-state index contributed by atoms with van der Waals surface area (Å²) in [6.07, 6.45) is 0. The third-order valence-corrected chi connectivity index (χ3v) is 4.56. The first-order valence-electron chi connectivity index (χ1n) is 5.71. The van der Waals surface area contributed by atoms with Crippen LogP contribution in [0.1, 0.15) is 11.1 Å². The fourth-order valence-electron chi connectivity index (χ4n) is 1.80. The van der Waals surface area contributed by atoms with E-state index >= 15 is 0 Å². The summed E-state index contributed by atoms with van der Waals surface area (Å²) in [6.45, 7) is 0. The molecule has 0 fully saturated rings. The minimum Gasteiger partial charge on any atom is -0.498 e. The van der Waals surface area contributed by atoms with Crippen molar-refractivity contribution in [2.24, 2.45) is 0 Å². The Kier molecular flexibility index (Phi) is 4.07. The molecule has 0 aliphatic carbocycles. The Balaban J connectivity index is 2.73. The van der Waals surface area contributed by atoms with Gasteiger partial charge in [-0.1, -0.05) is 24.3 Å². The maximum Gasteiger partial charge on any atom is 0.338 e. The Bertz CT molecular complexity index is 830. The highest BCUT2D eigenvalue weighted by molar-refractivity contribution is 7.91. The van der Waals surface area contributed by atoms with Gasteiger partial charge in [0.15, 0.2) is 0 Å². The standard InChI is InChI=1S/C14H8N2O4S/c17-15-9-11-5-1-3-7-13(11)21(19,20)14-8-4-2-6-12(14)10-16-18/h1-8H. The molecule has 0 aliphatic rings. The molecule has 2 aromatic rings. The van der Waals surface area contributed by atoms with Crippen LogP contribution in [0.25, 0.3) is 10.0 Å². The van der Waals surface area contributed by atoms with E-state index in [2.05, 4.69) is 22.2 Å². The molecule has 0 N–H and O–H groups in total. The Morgan fingerprint density at radius 2 is 1.14 bits per heavy atom. The summed E-state index contributed by atoms with van der Waals surface area (Å²) in [5.41, 5.74) is 0.0859. The number of hydrogen-bond acceptors (Lipinski definition) is 4. The molecular formula is C14H8N2O4S. The highest BCUT2D eigenvalue weighted by atomic mass is 32.2. The molecule has 0 aromatic heterocycles. The van der Waals surface area contributed by atoms with E-state index < -0.39 is 9.84 Å². The summed E-state index contributed by atoms with van der Waals surface area (Å²) in [7, 11) is -3.97. The van der Waals surface area contributed by atoms with E-state index in [9.17, 15) is 18.8 Å². The minimum absolute atomic E-state index is 0.0429. The summed E-state index contributed by atoms with van der Waals surface area (Å²) in [5.74, 6) is 0. The largest absolute Gasteiger partial charge is 0.498 e. The lowest BCUT2D eigenvalue weighted by atomic mass is 10.2. The molecule has 0 saturated carbocycles. The van der Waals surface area contributed by atoms with E-state index in [4.69, 9.17) is 0 Å². The zero-order chi connectivity index (χ0) is 15.3. The summed E-state index contributed by atoms with van der Waals surface area (Å²) < 4.78 is 25.3. The summed E-state index contributed by atoms with van der Waals surface area (Å²) in [5, 5.41) is 25.6. The van der Waals surface area contributed by atoms with Crippen molar-refractivity contribution in [1.82, 2.24) is 0 Å². The molecule has 6 nitrogen and oxygen atoms in total. The summed E-state index contributed by atoms with van der Waals surface area (Å²) >= 11 is 0. The first-order chi connectivity index (χ1) is 10.1. The molecule has 0 radical (unpaired) electrons. The van der Waals surface area contributed by atoms with Crippen LogP contribution in [0, 0.1) is 22.6 Å². The lowest BCUT2D eigenvalue weighted by Crippen LogP contribution is -2.06. The molecule has 0 amide bonds. The van der Waals surface area contributed by atoms with Gasteiger partial charge in [0, 0.05) is 10.0 Å². The van der Waals surface area contributed by atoms with Crippen molar-refractivity contribution in [1.29, 1.82) is 0 Å². The van der Waals surface area contributed by atoms with Gasteiger partial charge >= 0.3 is 12.1 Å². The van der Waals surface area contributed by atoms with Crippen molar-refractivity contribution < 1.29 is 8.42 Å².